The number of benzene rings is 2. The van der Waals surface area contributed by atoms with Crippen LogP contribution in [0.15, 0.2) is 53.1 Å². The fourth-order valence-electron chi connectivity index (χ4n) is 4.54. The predicted octanol–water partition coefficient (Wildman–Crippen LogP) is 3.06. The standard InChI is InChI=1S/C21H20F2N4O4S/c1-32(29,30)25-16-12-27-17(21(16,22)23)10-11-26(20(27)28)19-18-14(13-6-3-2-4-7-13)8-5-9-15(18)31-24-19/h2-9,16-17,25H,10-12H2,1H3/t16-,17-/m1/s1. The first kappa shape index (κ1) is 20.8. The number of urea groups is 1. The number of rotatable bonds is 4. The van der Waals surface area contributed by atoms with Gasteiger partial charge in [-0.3, -0.25) is 4.90 Å². The van der Waals surface area contributed by atoms with Crippen molar-refractivity contribution in [3.05, 3.63) is 48.5 Å². The smallest absolute Gasteiger partial charge is 0.326 e. The number of hydrogen-bond donors (Lipinski definition) is 1. The van der Waals surface area contributed by atoms with Crippen molar-refractivity contribution >= 4 is 32.8 Å². The molecule has 0 unspecified atom stereocenters. The molecule has 1 aromatic heterocycles. The molecule has 0 aliphatic carbocycles. The van der Waals surface area contributed by atoms with Crippen LogP contribution in [0.25, 0.3) is 22.1 Å². The summed E-state index contributed by atoms with van der Waals surface area (Å²) in [5.74, 6) is -3.13. The number of nitrogens with zero attached hydrogens (tertiary/aromatic N) is 3. The maximum atomic E-state index is 14.9. The molecule has 32 heavy (non-hydrogen) atoms. The van der Waals surface area contributed by atoms with Crippen molar-refractivity contribution in [2.75, 3.05) is 24.2 Å². The van der Waals surface area contributed by atoms with Gasteiger partial charge in [0.15, 0.2) is 11.4 Å². The monoisotopic (exact) mass is 462 g/mol. The number of fused-ring (bicyclic) bond motifs is 2. The minimum absolute atomic E-state index is 0.00590. The van der Waals surface area contributed by atoms with E-state index < -0.39 is 40.6 Å². The van der Waals surface area contributed by atoms with E-state index >= 15 is 0 Å². The molecular formula is C21H20F2N4O4S. The molecule has 2 aromatic carbocycles. The number of sulfonamides is 1. The summed E-state index contributed by atoms with van der Waals surface area (Å²) in [4.78, 5) is 15.6. The third kappa shape index (κ3) is 3.32. The molecule has 3 aromatic rings. The highest BCUT2D eigenvalue weighted by atomic mass is 32.2. The van der Waals surface area contributed by atoms with Gasteiger partial charge in [-0.25, -0.2) is 26.7 Å². The predicted molar refractivity (Wildman–Crippen MR) is 114 cm³/mol. The number of anilines is 1. The van der Waals surface area contributed by atoms with Crippen LogP contribution in [-0.2, 0) is 10.0 Å². The van der Waals surface area contributed by atoms with Gasteiger partial charge in [0.05, 0.1) is 11.6 Å². The number of halogens is 2. The second-order valence-electron chi connectivity index (χ2n) is 8.06. The molecule has 8 nitrogen and oxygen atoms in total. The van der Waals surface area contributed by atoms with Gasteiger partial charge in [-0.05, 0) is 23.6 Å². The van der Waals surface area contributed by atoms with Crippen molar-refractivity contribution in [3.63, 3.8) is 0 Å². The second-order valence-corrected chi connectivity index (χ2v) is 9.84. The van der Waals surface area contributed by atoms with E-state index in [1.165, 1.54) is 4.90 Å². The van der Waals surface area contributed by atoms with E-state index in [2.05, 4.69) is 5.16 Å². The number of aromatic nitrogens is 1. The number of nitrogens with one attached hydrogen (secondary N) is 1. The Balaban J connectivity index is 1.53. The van der Waals surface area contributed by atoms with Gasteiger partial charge in [-0.2, -0.15) is 0 Å². The van der Waals surface area contributed by atoms with Gasteiger partial charge in [-0.15, -0.1) is 0 Å². The first-order valence-corrected chi connectivity index (χ1v) is 11.9. The summed E-state index contributed by atoms with van der Waals surface area (Å²) in [6.45, 7) is -0.423. The molecule has 2 aliphatic heterocycles. The van der Waals surface area contributed by atoms with Crippen molar-refractivity contribution in [1.82, 2.24) is 14.8 Å². The van der Waals surface area contributed by atoms with Crippen LogP contribution in [0.1, 0.15) is 6.42 Å². The molecule has 0 radical (unpaired) electrons. The lowest BCUT2D eigenvalue weighted by Crippen LogP contribution is -2.56. The average Bonchev–Trinajstić information content (AvgIpc) is 3.28. The van der Waals surface area contributed by atoms with Crippen molar-refractivity contribution < 1.29 is 26.5 Å². The van der Waals surface area contributed by atoms with Gasteiger partial charge in [0, 0.05) is 13.1 Å². The van der Waals surface area contributed by atoms with Crippen molar-refractivity contribution in [2.45, 2.75) is 24.4 Å². The molecule has 11 heteroatoms. The topological polar surface area (TPSA) is 95.8 Å². The van der Waals surface area contributed by atoms with Crippen molar-refractivity contribution in [2.24, 2.45) is 0 Å². The van der Waals surface area contributed by atoms with Crippen molar-refractivity contribution in [1.29, 1.82) is 0 Å². The molecule has 0 bridgehead atoms. The SMILES string of the molecule is CS(=O)(=O)N[C@@H]1CN2C(=O)N(c3noc4cccc(-c5ccccc5)c34)CC[C@@H]2C1(F)F. The summed E-state index contributed by atoms with van der Waals surface area (Å²) in [7, 11) is -3.87. The maximum absolute atomic E-state index is 14.9. The van der Waals surface area contributed by atoms with Gasteiger partial charge in [0.1, 0.15) is 12.1 Å². The van der Waals surface area contributed by atoms with Crippen LogP contribution in [-0.4, -0.2) is 61.9 Å². The van der Waals surface area contributed by atoms with Crippen LogP contribution in [0.2, 0.25) is 0 Å². The van der Waals surface area contributed by atoms with E-state index in [0.717, 1.165) is 22.3 Å². The molecule has 1 N–H and O–H groups in total. The number of hydrogen-bond acceptors (Lipinski definition) is 5. The third-order valence-corrected chi connectivity index (χ3v) is 6.66. The van der Waals surface area contributed by atoms with Gasteiger partial charge in [0.25, 0.3) is 5.92 Å². The zero-order valence-corrected chi connectivity index (χ0v) is 17.9. The van der Waals surface area contributed by atoms with E-state index in [9.17, 15) is 22.0 Å². The maximum Gasteiger partial charge on any atom is 0.326 e. The zero-order valence-electron chi connectivity index (χ0n) is 17.0. The molecule has 0 spiro atoms. The average molecular weight is 462 g/mol. The molecule has 3 heterocycles. The largest absolute Gasteiger partial charge is 0.354 e. The van der Waals surface area contributed by atoms with Gasteiger partial charge >= 0.3 is 6.03 Å². The molecule has 0 saturated carbocycles. The summed E-state index contributed by atoms with van der Waals surface area (Å²) in [5, 5.41) is 4.70. The molecule has 2 aliphatic rings. The minimum Gasteiger partial charge on any atom is -0.354 e. The van der Waals surface area contributed by atoms with Crippen LogP contribution < -0.4 is 9.62 Å². The van der Waals surface area contributed by atoms with Crippen LogP contribution >= 0.6 is 0 Å². The summed E-state index contributed by atoms with van der Waals surface area (Å²) in [6.07, 6.45) is 0.781. The molecule has 168 valence electrons. The number of carbonyl (C=O) groups is 1. The fraction of sp³-hybridized carbons (Fsp3) is 0.333. The van der Waals surface area contributed by atoms with Crippen LogP contribution in [0.4, 0.5) is 19.4 Å². The number of alkyl halides is 2. The zero-order chi connectivity index (χ0) is 22.7. The summed E-state index contributed by atoms with van der Waals surface area (Å²) < 4.78 is 60.3. The quantitative estimate of drug-likeness (QED) is 0.643. The van der Waals surface area contributed by atoms with Gasteiger partial charge in [0.2, 0.25) is 10.0 Å². The summed E-state index contributed by atoms with van der Waals surface area (Å²) in [6, 6.07) is 11.2. The number of carbonyl (C=O) groups excluding carboxylic acids is 1. The molecule has 2 fully saturated rings. The lowest BCUT2D eigenvalue weighted by atomic mass is 10.0. The Kier molecular flexibility index (Phi) is 4.71. The molecule has 2 saturated heterocycles. The Bertz CT molecular complexity index is 1300. The van der Waals surface area contributed by atoms with Crippen molar-refractivity contribution in [3.8, 4) is 11.1 Å². The van der Waals surface area contributed by atoms with E-state index in [0.29, 0.717) is 11.0 Å². The first-order chi connectivity index (χ1) is 15.2. The highest BCUT2D eigenvalue weighted by Gasteiger charge is 2.60. The molecule has 2 amide bonds. The van der Waals surface area contributed by atoms with E-state index in [-0.39, 0.29) is 18.8 Å². The minimum atomic E-state index is -3.87. The Morgan fingerprint density at radius 1 is 1.16 bits per heavy atom. The second kappa shape index (κ2) is 7.24. The molecular weight excluding hydrogens is 442 g/mol. The highest BCUT2D eigenvalue weighted by molar-refractivity contribution is 7.88. The summed E-state index contributed by atoms with van der Waals surface area (Å²) >= 11 is 0. The van der Waals surface area contributed by atoms with E-state index in [1.54, 1.807) is 6.07 Å². The Morgan fingerprint density at radius 3 is 2.62 bits per heavy atom. The van der Waals surface area contributed by atoms with Crippen LogP contribution in [0.3, 0.4) is 0 Å². The molecule has 5 rings (SSSR count). The van der Waals surface area contributed by atoms with Gasteiger partial charge in [-0.1, -0.05) is 47.6 Å². The third-order valence-electron chi connectivity index (χ3n) is 5.94. The Morgan fingerprint density at radius 2 is 1.91 bits per heavy atom. The van der Waals surface area contributed by atoms with Crippen LogP contribution in [0.5, 0.6) is 0 Å². The lowest BCUT2D eigenvalue weighted by Gasteiger charge is -2.37. The first-order valence-electron chi connectivity index (χ1n) is 10.0. The highest BCUT2D eigenvalue weighted by Crippen LogP contribution is 2.42. The number of amides is 2. The Hall–Kier alpha value is -3.05. The van der Waals surface area contributed by atoms with Crippen LogP contribution in [0, 0.1) is 0 Å². The fourth-order valence-corrected chi connectivity index (χ4v) is 5.29. The lowest BCUT2D eigenvalue weighted by molar-refractivity contribution is -0.0448. The van der Waals surface area contributed by atoms with E-state index in [4.69, 9.17) is 4.52 Å². The molecule has 2 atom stereocenters. The van der Waals surface area contributed by atoms with E-state index in [1.807, 2.05) is 47.2 Å². The Labute approximate surface area is 182 Å². The summed E-state index contributed by atoms with van der Waals surface area (Å²) in [5.41, 5.74) is 2.17. The normalized spacial score (nSPS) is 23.0. The van der Waals surface area contributed by atoms with Gasteiger partial charge < -0.3 is 9.42 Å².